The van der Waals surface area contributed by atoms with Gasteiger partial charge in [0.15, 0.2) is 5.69 Å². The van der Waals surface area contributed by atoms with E-state index >= 15 is 0 Å². The first-order valence-corrected chi connectivity index (χ1v) is 7.12. The number of hydrogen-bond acceptors (Lipinski definition) is 4. The Kier molecular flexibility index (Phi) is 4.47. The number of nitrogens with zero attached hydrogens (tertiary/aromatic N) is 1. The van der Waals surface area contributed by atoms with Crippen molar-refractivity contribution < 1.29 is 18.3 Å². The molecule has 0 bridgehead atoms. The smallest absolute Gasteiger partial charge is 0.357 e. The van der Waals surface area contributed by atoms with Crippen LogP contribution in [0.5, 0.6) is 0 Å². The van der Waals surface area contributed by atoms with Crippen LogP contribution < -0.4 is 4.72 Å². The van der Waals surface area contributed by atoms with Crippen LogP contribution in [0.1, 0.15) is 42.9 Å². The summed E-state index contributed by atoms with van der Waals surface area (Å²) >= 11 is 0. The summed E-state index contributed by atoms with van der Waals surface area (Å²) in [6.07, 6.45) is 1.27. The second kappa shape index (κ2) is 5.49. The molecule has 0 unspecified atom stereocenters. The molecule has 0 saturated heterocycles. The summed E-state index contributed by atoms with van der Waals surface area (Å²) in [6.45, 7) is 5.19. The minimum Gasteiger partial charge on any atom is -0.476 e. The van der Waals surface area contributed by atoms with Crippen LogP contribution in [-0.2, 0) is 10.0 Å². The lowest BCUT2D eigenvalue weighted by atomic mass is 10.2. The number of aryl methyl sites for hydroxylation is 1. The Labute approximate surface area is 106 Å². The fourth-order valence-corrected chi connectivity index (χ4v) is 3.35. The standard InChI is InChI=1S/C10H17N3O4S/c1-4-7(5-2)13-18(16,17)9-6(3)11-12-8(9)10(14)15/h7,13H,4-5H2,1-3H3,(H,11,12)(H,14,15). The van der Waals surface area contributed by atoms with Crippen molar-refractivity contribution in [1.82, 2.24) is 14.9 Å². The summed E-state index contributed by atoms with van der Waals surface area (Å²) in [7, 11) is -3.87. The summed E-state index contributed by atoms with van der Waals surface area (Å²) in [5, 5.41) is 14.8. The van der Waals surface area contributed by atoms with Crippen LogP contribution in [0.3, 0.4) is 0 Å². The van der Waals surface area contributed by atoms with Gasteiger partial charge >= 0.3 is 5.97 Å². The van der Waals surface area contributed by atoms with E-state index in [1.807, 2.05) is 13.8 Å². The number of aromatic carboxylic acids is 1. The van der Waals surface area contributed by atoms with E-state index in [2.05, 4.69) is 14.9 Å². The molecule has 18 heavy (non-hydrogen) atoms. The Hall–Kier alpha value is -1.41. The summed E-state index contributed by atoms with van der Waals surface area (Å²) < 4.78 is 26.7. The third-order valence-corrected chi connectivity index (χ3v) is 4.35. The fraction of sp³-hybridized carbons (Fsp3) is 0.600. The van der Waals surface area contributed by atoms with Crippen molar-refractivity contribution in [2.24, 2.45) is 0 Å². The Bertz CT molecular complexity index is 531. The molecule has 0 amide bonds. The largest absolute Gasteiger partial charge is 0.476 e. The van der Waals surface area contributed by atoms with E-state index in [1.54, 1.807) is 0 Å². The molecule has 0 radical (unpaired) electrons. The number of sulfonamides is 1. The van der Waals surface area contributed by atoms with Gasteiger partial charge in [-0.1, -0.05) is 13.8 Å². The maximum absolute atomic E-state index is 12.1. The first-order valence-electron chi connectivity index (χ1n) is 5.64. The molecule has 0 fully saturated rings. The van der Waals surface area contributed by atoms with E-state index in [-0.39, 0.29) is 16.6 Å². The van der Waals surface area contributed by atoms with Crippen molar-refractivity contribution in [1.29, 1.82) is 0 Å². The summed E-state index contributed by atoms with van der Waals surface area (Å²) in [6, 6.07) is -0.217. The van der Waals surface area contributed by atoms with Gasteiger partial charge in [0.05, 0.1) is 5.69 Å². The number of carboxylic acids is 1. The van der Waals surface area contributed by atoms with E-state index in [0.717, 1.165) is 0 Å². The average molecular weight is 275 g/mol. The molecular weight excluding hydrogens is 258 g/mol. The van der Waals surface area contributed by atoms with Crippen molar-refractivity contribution in [3.63, 3.8) is 0 Å². The third kappa shape index (κ3) is 2.88. The van der Waals surface area contributed by atoms with Gasteiger partial charge in [-0.25, -0.2) is 17.9 Å². The number of nitrogens with one attached hydrogen (secondary N) is 2. The fourth-order valence-electron chi connectivity index (χ4n) is 1.63. The highest BCUT2D eigenvalue weighted by Gasteiger charge is 2.29. The van der Waals surface area contributed by atoms with E-state index in [0.29, 0.717) is 12.8 Å². The highest BCUT2D eigenvalue weighted by Crippen LogP contribution is 2.18. The highest BCUT2D eigenvalue weighted by molar-refractivity contribution is 7.89. The van der Waals surface area contributed by atoms with Gasteiger partial charge in [0.1, 0.15) is 4.90 Å². The molecular formula is C10H17N3O4S. The van der Waals surface area contributed by atoms with E-state index in [1.165, 1.54) is 6.92 Å². The van der Waals surface area contributed by atoms with E-state index < -0.39 is 21.7 Å². The number of carbonyl (C=O) groups is 1. The molecule has 0 spiro atoms. The van der Waals surface area contributed by atoms with Gasteiger partial charge in [0, 0.05) is 6.04 Å². The molecule has 0 aromatic carbocycles. The molecule has 1 heterocycles. The molecule has 0 aliphatic heterocycles. The van der Waals surface area contributed by atoms with E-state index in [4.69, 9.17) is 5.11 Å². The van der Waals surface area contributed by atoms with Gasteiger partial charge in [-0.05, 0) is 19.8 Å². The van der Waals surface area contributed by atoms with Crippen LogP contribution in [0.15, 0.2) is 4.90 Å². The van der Waals surface area contributed by atoms with Crippen LogP contribution in [0, 0.1) is 6.92 Å². The lowest BCUT2D eigenvalue weighted by Crippen LogP contribution is -2.34. The predicted octanol–water partition coefficient (Wildman–Crippen LogP) is 0.883. The Morgan fingerprint density at radius 3 is 2.44 bits per heavy atom. The van der Waals surface area contributed by atoms with E-state index in [9.17, 15) is 13.2 Å². The zero-order chi connectivity index (χ0) is 13.9. The molecule has 0 saturated carbocycles. The average Bonchev–Trinajstić information content (AvgIpc) is 2.69. The van der Waals surface area contributed by atoms with Gasteiger partial charge in [0.25, 0.3) is 0 Å². The van der Waals surface area contributed by atoms with Gasteiger partial charge in [-0.15, -0.1) is 0 Å². The molecule has 1 rings (SSSR count). The predicted molar refractivity (Wildman–Crippen MR) is 65.0 cm³/mol. The monoisotopic (exact) mass is 275 g/mol. The zero-order valence-electron chi connectivity index (χ0n) is 10.5. The quantitative estimate of drug-likeness (QED) is 0.713. The molecule has 102 valence electrons. The second-order valence-corrected chi connectivity index (χ2v) is 5.62. The van der Waals surface area contributed by atoms with Crippen LogP contribution >= 0.6 is 0 Å². The number of H-pyrrole nitrogens is 1. The van der Waals surface area contributed by atoms with Crippen molar-refractivity contribution in [2.75, 3.05) is 0 Å². The SMILES string of the molecule is CCC(CC)NS(=O)(=O)c1c(C(=O)O)n[nH]c1C. The van der Waals surface area contributed by atoms with Gasteiger partial charge in [-0.2, -0.15) is 5.10 Å². The number of carboxylic acid groups (broad SMARTS) is 1. The lowest BCUT2D eigenvalue weighted by molar-refractivity contribution is 0.0686. The van der Waals surface area contributed by atoms with Crippen LogP contribution in [0.4, 0.5) is 0 Å². The number of rotatable bonds is 6. The van der Waals surface area contributed by atoms with Crippen molar-refractivity contribution in [3.05, 3.63) is 11.4 Å². The summed E-state index contributed by atoms with van der Waals surface area (Å²) in [4.78, 5) is 10.6. The molecule has 0 atom stereocenters. The maximum atomic E-state index is 12.1. The Morgan fingerprint density at radius 2 is 2.00 bits per heavy atom. The second-order valence-electron chi connectivity index (χ2n) is 3.97. The van der Waals surface area contributed by atoms with Gasteiger partial charge in [-0.3, -0.25) is 5.10 Å². The summed E-state index contributed by atoms with van der Waals surface area (Å²) in [5.41, 5.74) is -0.267. The van der Waals surface area contributed by atoms with Gasteiger partial charge in [0.2, 0.25) is 10.0 Å². The number of aromatic amines is 1. The van der Waals surface area contributed by atoms with Crippen molar-refractivity contribution in [2.45, 2.75) is 44.6 Å². The van der Waals surface area contributed by atoms with Gasteiger partial charge < -0.3 is 5.11 Å². The first kappa shape index (κ1) is 14.7. The van der Waals surface area contributed by atoms with Crippen molar-refractivity contribution >= 4 is 16.0 Å². The molecule has 3 N–H and O–H groups in total. The minimum absolute atomic E-state index is 0.214. The normalized spacial score (nSPS) is 12.0. The Balaban J connectivity index is 3.20. The molecule has 7 nitrogen and oxygen atoms in total. The third-order valence-electron chi connectivity index (χ3n) is 2.67. The Morgan fingerprint density at radius 1 is 1.44 bits per heavy atom. The van der Waals surface area contributed by atoms with Crippen LogP contribution in [0.25, 0.3) is 0 Å². The zero-order valence-corrected chi connectivity index (χ0v) is 11.3. The number of hydrogen-bond donors (Lipinski definition) is 3. The lowest BCUT2D eigenvalue weighted by Gasteiger charge is -2.14. The maximum Gasteiger partial charge on any atom is 0.357 e. The molecule has 0 aliphatic carbocycles. The topological polar surface area (TPSA) is 112 Å². The molecule has 0 aliphatic rings. The highest BCUT2D eigenvalue weighted by atomic mass is 32.2. The summed E-state index contributed by atoms with van der Waals surface area (Å²) in [5.74, 6) is -1.37. The molecule has 1 aromatic heterocycles. The minimum atomic E-state index is -3.87. The van der Waals surface area contributed by atoms with Crippen LogP contribution in [-0.4, -0.2) is 35.7 Å². The molecule has 8 heteroatoms. The molecule has 1 aromatic rings. The number of aromatic nitrogens is 2. The first-order chi connectivity index (χ1) is 8.33. The van der Waals surface area contributed by atoms with Crippen molar-refractivity contribution in [3.8, 4) is 0 Å². The van der Waals surface area contributed by atoms with Crippen LogP contribution in [0.2, 0.25) is 0 Å².